The monoisotopic (exact) mass is 554 g/mol. The maximum atomic E-state index is 12.0. The molecule has 11 nitrogen and oxygen atoms in total. The molecule has 2 aromatic heterocycles. The van der Waals surface area contributed by atoms with Crippen molar-refractivity contribution < 1.29 is 14.3 Å². The third-order valence-electron chi connectivity index (χ3n) is 7.99. The average Bonchev–Trinajstić information content (AvgIpc) is 3.76. The van der Waals surface area contributed by atoms with Gasteiger partial charge < -0.3 is 24.6 Å². The summed E-state index contributed by atoms with van der Waals surface area (Å²) in [7, 11) is 0. The minimum Gasteiger partial charge on any atom is -0.454 e. The highest BCUT2D eigenvalue weighted by molar-refractivity contribution is 5.85. The Hall–Kier alpha value is -4.38. The van der Waals surface area contributed by atoms with Crippen molar-refractivity contribution in [2.75, 3.05) is 62.8 Å². The summed E-state index contributed by atoms with van der Waals surface area (Å²) in [4.78, 5) is 33.3. The van der Waals surface area contributed by atoms with Crippen molar-refractivity contribution in [3.63, 3.8) is 0 Å². The van der Waals surface area contributed by atoms with Gasteiger partial charge in [0.05, 0.1) is 0 Å². The molecule has 2 saturated heterocycles. The van der Waals surface area contributed by atoms with Crippen LogP contribution in [0.5, 0.6) is 11.5 Å². The molecule has 3 aliphatic rings. The zero-order chi connectivity index (χ0) is 27.6. The van der Waals surface area contributed by atoms with E-state index in [1.807, 2.05) is 40.1 Å². The number of nitrogens with one attached hydrogen (secondary N) is 1. The second kappa shape index (κ2) is 11.2. The van der Waals surface area contributed by atoms with Gasteiger partial charge in [0.1, 0.15) is 6.33 Å². The first-order chi connectivity index (χ1) is 20.2. The lowest BCUT2D eigenvalue weighted by Crippen LogP contribution is -2.46. The molecular formula is C30H34N8O3. The molecule has 1 N–H and O–H groups in total. The molecule has 0 radical (unpaired) electrons. The predicted molar refractivity (Wildman–Crippen MR) is 156 cm³/mol. The van der Waals surface area contributed by atoms with E-state index in [4.69, 9.17) is 24.4 Å². The van der Waals surface area contributed by atoms with Crippen molar-refractivity contribution >= 4 is 28.8 Å². The van der Waals surface area contributed by atoms with Crippen LogP contribution in [-0.2, 0) is 11.3 Å². The van der Waals surface area contributed by atoms with Crippen LogP contribution in [0, 0.1) is 0 Å². The van der Waals surface area contributed by atoms with Gasteiger partial charge in [0, 0.05) is 64.5 Å². The fourth-order valence-corrected chi connectivity index (χ4v) is 5.75. The van der Waals surface area contributed by atoms with Crippen molar-refractivity contribution in [2.24, 2.45) is 0 Å². The van der Waals surface area contributed by atoms with Gasteiger partial charge in [-0.25, -0.2) is 4.98 Å². The molecule has 0 saturated carbocycles. The summed E-state index contributed by atoms with van der Waals surface area (Å²) in [5, 5.41) is 3.51. The van der Waals surface area contributed by atoms with Crippen LogP contribution in [-0.4, -0.2) is 87.8 Å². The predicted octanol–water partition coefficient (Wildman–Crippen LogP) is 3.29. The summed E-state index contributed by atoms with van der Waals surface area (Å²) in [5.41, 5.74) is 3.75. The van der Waals surface area contributed by atoms with Gasteiger partial charge in [-0.15, -0.1) is 0 Å². The summed E-state index contributed by atoms with van der Waals surface area (Å²) in [6.45, 7) is 6.94. The number of ether oxygens (including phenoxy) is 2. The Kier molecular flexibility index (Phi) is 7.01. The van der Waals surface area contributed by atoms with E-state index in [0.29, 0.717) is 25.7 Å². The topological polar surface area (TPSA) is 101 Å². The fourth-order valence-electron chi connectivity index (χ4n) is 5.75. The lowest BCUT2D eigenvalue weighted by Gasteiger charge is -2.34. The number of amides is 1. The summed E-state index contributed by atoms with van der Waals surface area (Å²) in [6, 6.07) is 16.3. The molecule has 0 atom stereocenters. The Morgan fingerprint density at radius 3 is 2.61 bits per heavy atom. The highest BCUT2D eigenvalue weighted by atomic mass is 16.7. The van der Waals surface area contributed by atoms with Crippen molar-refractivity contribution in [3.05, 3.63) is 60.4 Å². The largest absolute Gasteiger partial charge is 0.454 e. The number of hydrogen-bond acceptors (Lipinski definition) is 9. The molecule has 5 heterocycles. The first-order valence-corrected chi connectivity index (χ1v) is 14.4. The van der Waals surface area contributed by atoms with Crippen LogP contribution in [0.1, 0.15) is 24.8 Å². The zero-order valence-electron chi connectivity index (χ0n) is 23.0. The summed E-state index contributed by atoms with van der Waals surface area (Å²) < 4.78 is 13.0. The third-order valence-corrected chi connectivity index (χ3v) is 7.99. The number of hydrogen-bond donors (Lipinski definition) is 1. The van der Waals surface area contributed by atoms with Crippen LogP contribution >= 0.6 is 0 Å². The maximum Gasteiger partial charge on any atom is 0.231 e. The molecule has 3 aliphatic heterocycles. The number of para-hydroxylation sites is 1. The molecule has 1 amide bonds. The van der Waals surface area contributed by atoms with Crippen molar-refractivity contribution in [2.45, 2.75) is 25.8 Å². The molecule has 4 aromatic rings. The highest BCUT2D eigenvalue weighted by Gasteiger charge is 2.24. The Morgan fingerprint density at radius 1 is 0.927 bits per heavy atom. The molecule has 2 fully saturated rings. The van der Waals surface area contributed by atoms with Crippen LogP contribution in [0.2, 0.25) is 0 Å². The molecule has 7 rings (SSSR count). The zero-order valence-corrected chi connectivity index (χ0v) is 23.0. The number of likely N-dealkylation sites (tertiary alicyclic amines) is 1. The van der Waals surface area contributed by atoms with E-state index in [2.05, 4.69) is 39.4 Å². The molecular weight excluding hydrogens is 520 g/mol. The molecule has 0 bridgehead atoms. The van der Waals surface area contributed by atoms with E-state index in [0.717, 1.165) is 92.8 Å². The lowest BCUT2D eigenvalue weighted by atomic mass is 10.1. The smallest absolute Gasteiger partial charge is 0.231 e. The molecule has 0 spiro atoms. The molecule has 212 valence electrons. The number of carbonyl (C=O) groups excluding carboxylic acids is 1. The Balaban J connectivity index is 1.08. The van der Waals surface area contributed by atoms with Crippen LogP contribution in [0.15, 0.2) is 54.9 Å². The second-order valence-corrected chi connectivity index (χ2v) is 10.7. The number of aromatic nitrogens is 4. The summed E-state index contributed by atoms with van der Waals surface area (Å²) >= 11 is 0. The fraction of sp³-hybridized carbons (Fsp3) is 0.400. The number of nitrogens with zero attached hydrogens (tertiary/aromatic N) is 7. The van der Waals surface area contributed by atoms with E-state index in [-0.39, 0.29) is 5.91 Å². The third kappa shape index (κ3) is 5.37. The van der Waals surface area contributed by atoms with Gasteiger partial charge in [-0.3, -0.25) is 14.3 Å². The number of imidazole rings is 1. The Labute approximate surface area is 238 Å². The van der Waals surface area contributed by atoms with Crippen molar-refractivity contribution in [1.82, 2.24) is 29.3 Å². The standard InChI is InChI=1S/C30H34N8O3/c39-26-8-4-12-36(26)13-5-11-31-28-27-29(38(20-32-27)23-6-2-1-3-7-23)34-30(33-28)37-16-14-35(15-17-37)19-22-9-10-24-25(18-22)41-21-40-24/h1-3,6-7,9-10,18,20H,4-5,8,11-17,19,21H2,(H,31,33,34). The number of benzene rings is 2. The Bertz CT molecular complexity index is 1530. The number of rotatable bonds is 9. The van der Waals surface area contributed by atoms with Gasteiger partial charge in [-0.05, 0) is 42.7 Å². The Morgan fingerprint density at radius 2 is 1.78 bits per heavy atom. The molecule has 2 aromatic carbocycles. The minimum atomic E-state index is 0.260. The van der Waals surface area contributed by atoms with Gasteiger partial charge in [0.2, 0.25) is 18.6 Å². The van der Waals surface area contributed by atoms with E-state index < -0.39 is 0 Å². The number of anilines is 2. The second-order valence-electron chi connectivity index (χ2n) is 10.7. The number of carbonyl (C=O) groups is 1. The van der Waals surface area contributed by atoms with Gasteiger partial charge in [0.25, 0.3) is 0 Å². The molecule has 41 heavy (non-hydrogen) atoms. The number of fused-ring (bicyclic) bond motifs is 2. The molecule has 11 heteroatoms. The summed E-state index contributed by atoms with van der Waals surface area (Å²) in [6.07, 6.45) is 4.30. The van der Waals surface area contributed by atoms with Crippen LogP contribution in [0.4, 0.5) is 11.8 Å². The minimum absolute atomic E-state index is 0.260. The quantitative estimate of drug-likeness (QED) is 0.312. The van der Waals surface area contributed by atoms with Gasteiger partial charge >= 0.3 is 0 Å². The van der Waals surface area contributed by atoms with Crippen LogP contribution in [0.25, 0.3) is 16.9 Å². The normalized spacial score (nSPS) is 17.1. The first-order valence-electron chi connectivity index (χ1n) is 14.4. The van der Waals surface area contributed by atoms with E-state index in [1.165, 1.54) is 5.56 Å². The van der Waals surface area contributed by atoms with Gasteiger partial charge in [0.15, 0.2) is 28.5 Å². The van der Waals surface area contributed by atoms with E-state index in [1.54, 1.807) is 0 Å². The number of piperazine rings is 1. The van der Waals surface area contributed by atoms with Crippen LogP contribution < -0.4 is 19.7 Å². The maximum absolute atomic E-state index is 12.0. The van der Waals surface area contributed by atoms with Crippen molar-refractivity contribution in [3.8, 4) is 17.2 Å². The molecule has 0 unspecified atom stereocenters. The summed E-state index contributed by atoms with van der Waals surface area (Å²) in [5.74, 6) is 3.33. The lowest BCUT2D eigenvalue weighted by molar-refractivity contribution is -0.127. The van der Waals surface area contributed by atoms with E-state index >= 15 is 0 Å². The van der Waals surface area contributed by atoms with Gasteiger partial charge in [-0.1, -0.05) is 24.3 Å². The van der Waals surface area contributed by atoms with Crippen LogP contribution in [0.3, 0.4) is 0 Å². The molecule has 0 aliphatic carbocycles. The highest BCUT2D eigenvalue weighted by Crippen LogP contribution is 2.33. The SMILES string of the molecule is O=C1CCCN1CCCNc1nc(N2CCN(Cc3ccc4c(c3)OCO4)CC2)nc2c1ncn2-c1ccccc1. The average molecular weight is 555 g/mol. The van der Waals surface area contributed by atoms with E-state index in [9.17, 15) is 4.79 Å². The first kappa shape index (κ1) is 25.6. The van der Waals surface area contributed by atoms with Gasteiger partial charge in [-0.2, -0.15) is 9.97 Å². The van der Waals surface area contributed by atoms with Crippen molar-refractivity contribution in [1.29, 1.82) is 0 Å².